The van der Waals surface area contributed by atoms with Gasteiger partial charge in [-0.1, -0.05) is 6.42 Å². The van der Waals surface area contributed by atoms with E-state index in [2.05, 4.69) is 28.6 Å². The van der Waals surface area contributed by atoms with E-state index in [1.807, 2.05) is 0 Å². The number of fused-ring (bicyclic) bond motifs is 2. The molecule has 17 heavy (non-hydrogen) atoms. The van der Waals surface area contributed by atoms with Crippen LogP contribution in [0.15, 0.2) is 0 Å². The minimum atomic E-state index is 0.410. The molecular formula is C13H20ClN3. The van der Waals surface area contributed by atoms with Crippen LogP contribution in [-0.2, 0) is 5.88 Å². The molecule has 0 N–H and O–H groups in total. The second-order valence-corrected chi connectivity index (χ2v) is 6.12. The molecule has 4 heteroatoms. The maximum absolute atomic E-state index is 5.95. The monoisotopic (exact) mass is 253 g/mol. The Labute approximate surface area is 108 Å². The summed E-state index contributed by atoms with van der Waals surface area (Å²) in [6.07, 6.45) is 5.54. The molecule has 2 bridgehead atoms. The highest BCUT2D eigenvalue weighted by Gasteiger charge is 2.42. The largest absolute Gasteiger partial charge is 0.311 e. The first-order valence-corrected chi connectivity index (χ1v) is 7.23. The van der Waals surface area contributed by atoms with Gasteiger partial charge in [-0.2, -0.15) is 0 Å². The molecule has 0 saturated heterocycles. The van der Waals surface area contributed by atoms with Gasteiger partial charge in [0.25, 0.3) is 0 Å². The zero-order chi connectivity index (χ0) is 12.0. The van der Waals surface area contributed by atoms with Gasteiger partial charge < -0.3 is 4.57 Å². The second-order valence-electron chi connectivity index (χ2n) is 5.85. The van der Waals surface area contributed by atoms with Crippen molar-refractivity contribution in [3.05, 3.63) is 11.6 Å². The Hall–Kier alpha value is -0.570. The van der Waals surface area contributed by atoms with E-state index in [-0.39, 0.29) is 0 Å². The lowest BCUT2D eigenvalue weighted by Gasteiger charge is -2.23. The average molecular weight is 254 g/mol. The molecule has 1 heterocycles. The number of alkyl halides is 1. The van der Waals surface area contributed by atoms with Crippen LogP contribution >= 0.6 is 11.6 Å². The first kappa shape index (κ1) is 11.5. The highest BCUT2D eigenvalue weighted by molar-refractivity contribution is 6.16. The van der Waals surface area contributed by atoms with E-state index in [9.17, 15) is 0 Å². The van der Waals surface area contributed by atoms with Gasteiger partial charge in [-0.25, -0.2) is 0 Å². The normalized spacial score (nSPS) is 31.6. The van der Waals surface area contributed by atoms with E-state index in [1.54, 1.807) is 0 Å². The van der Waals surface area contributed by atoms with Crippen molar-refractivity contribution < 1.29 is 0 Å². The zero-order valence-corrected chi connectivity index (χ0v) is 11.3. The average Bonchev–Trinajstić information content (AvgIpc) is 3.02. The molecule has 0 aromatic carbocycles. The van der Waals surface area contributed by atoms with Gasteiger partial charge in [0.15, 0.2) is 0 Å². The van der Waals surface area contributed by atoms with Crippen molar-refractivity contribution in [2.75, 3.05) is 0 Å². The lowest BCUT2D eigenvalue weighted by molar-refractivity contribution is 0.384. The molecule has 0 aliphatic heterocycles. The van der Waals surface area contributed by atoms with Crippen LogP contribution in [0.2, 0.25) is 0 Å². The van der Waals surface area contributed by atoms with Gasteiger partial charge in [0.1, 0.15) is 11.6 Å². The van der Waals surface area contributed by atoms with E-state index >= 15 is 0 Å². The lowest BCUT2D eigenvalue weighted by atomic mass is 9.88. The Balaban J connectivity index is 1.95. The molecule has 0 spiro atoms. The topological polar surface area (TPSA) is 30.7 Å². The van der Waals surface area contributed by atoms with Gasteiger partial charge in [0, 0.05) is 12.0 Å². The summed E-state index contributed by atoms with van der Waals surface area (Å²) in [6, 6.07) is 0.410. The van der Waals surface area contributed by atoms with E-state index in [0.29, 0.717) is 17.8 Å². The molecule has 3 unspecified atom stereocenters. The highest BCUT2D eigenvalue weighted by Crippen LogP contribution is 2.52. The standard InChI is InChI=1S/C13H20ClN3/c1-8(2)17-12(7-14)15-16-13(17)11-6-9-3-4-10(11)5-9/h8-11H,3-7H2,1-2H3. The van der Waals surface area contributed by atoms with Crippen LogP contribution in [0.3, 0.4) is 0 Å². The third-order valence-corrected chi connectivity index (χ3v) is 4.74. The van der Waals surface area contributed by atoms with Crippen LogP contribution in [0.4, 0.5) is 0 Å². The lowest BCUT2D eigenvalue weighted by Crippen LogP contribution is -2.17. The number of aromatic nitrogens is 3. The van der Waals surface area contributed by atoms with Crippen molar-refractivity contribution in [1.29, 1.82) is 0 Å². The molecule has 94 valence electrons. The zero-order valence-electron chi connectivity index (χ0n) is 10.6. The van der Waals surface area contributed by atoms with Crippen LogP contribution in [0.25, 0.3) is 0 Å². The summed E-state index contributed by atoms with van der Waals surface area (Å²) in [5, 5.41) is 8.70. The van der Waals surface area contributed by atoms with E-state index in [1.165, 1.54) is 31.5 Å². The van der Waals surface area contributed by atoms with Crippen LogP contribution in [0.1, 0.15) is 63.1 Å². The first-order valence-electron chi connectivity index (χ1n) is 6.70. The van der Waals surface area contributed by atoms with Crippen LogP contribution < -0.4 is 0 Å². The third kappa shape index (κ3) is 1.79. The molecule has 3 rings (SSSR count). The molecule has 2 aliphatic carbocycles. The SMILES string of the molecule is CC(C)n1c(CCl)nnc1C1CC2CCC1C2. The molecule has 2 fully saturated rings. The second kappa shape index (κ2) is 4.27. The molecule has 2 saturated carbocycles. The van der Waals surface area contributed by atoms with E-state index in [0.717, 1.165) is 17.7 Å². The molecule has 0 amide bonds. The quantitative estimate of drug-likeness (QED) is 0.772. The summed E-state index contributed by atoms with van der Waals surface area (Å²) in [5.74, 6) is 5.03. The number of hydrogen-bond donors (Lipinski definition) is 0. The predicted octanol–water partition coefficient (Wildman–Crippen LogP) is 3.50. The highest BCUT2D eigenvalue weighted by atomic mass is 35.5. The molecule has 2 aliphatic rings. The maximum atomic E-state index is 5.95. The predicted molar refractivity (Wildman–Crippen MR) is 68.2 cm³/mol. The molecule has 1 aromatic rings. The van der Waals surface area contributed by atoms with Crippen molar-refractivity contribution in [2.24, 2.45) is 11.8 Å². The van der Waals surface area contributed by atoms with Crippen molar-refractivity contribution in [3.8, 4) is 0 Å². The van der Waals surface area contributed by atoms with E-state index in [4.69, 9.17) is 11.6 Å². The molecule has 0 radical (unpaired) electrons. The van der Waals surface area contributed by atoms with E-state index < -0.39 is 0 Å². The minimum Gasteiger partial charge on any atom is -0.311 e. The Kier molecular flexibility index (Phi) is 2.89. The number of halogens is 1. The summed E-state index contributed by atoms with van der Waals surface area (Å²) in [4.78, 5) is 0. The van der Waals surface area contributed by atoms with Gasteiger partial charge in [-0.05, 0) is 44.9 Å². The third-order valence-electron chi connectivity index (χ3n) is 4.50. The van der Waals surface area contributed by atoms with Crippen LogP contribution in [0.5, 0.6) is 0 Å². The number of rotatable bonds is 3. The van der Waals surface area contributed by atoms with Crippen molar-refractivity contribution >= 4 is 11.6 Å². The summed E-state index contributed by atoms with van der Waals surface area (Å²) < 4.78 is 2.26. The smallest absolute Gasteiger partial charge is 0.148 e. The van der Waals surface area contributed by atoms with Crippen molar-refractivity contribution in [1.82, 2.24) is 14.8 Å². The summed E-state index contributed by atoms with van der Waals surface area (Å²) in [6.45, 7) is 4.38. The fourth-order valence-electron chi connectivity index (χ4n) is 3.80. The fraction of sp³-hybridized carbons (Fsp3) is 0.846. The summed E-state index contributed by atoms with van der Waals surface area (Å²) >= 11 is 5.95. The van der Waals surface area contributed by atoms with Gasteiger partial charge in [0.05, 0.1) is 5.88 Å². The molecule has 1 aromatic heterocycles. The fourth-order valence-corrected chi connectivity index (χ4v) is 3.99. The van der Waals surface area contributed by atoms with Gasteiger partial charge in [0.2, 0.25) is 0 Å². The van der Waals surface area contributed by atoms with Gasteiger partial charge in [-0.15, -0.1) is 21.8 Å². The summed E-state index contributed by atoms with van der Waals surface area (Å²) in [5.41, 5.74) is 0. The van der Waals surface area contributed by atoms with Crippen molar-refractivity contribution in [3.63, 3.8) is 0 Å². The van der Waals surface area contributed by atoms with Gasteiger partial charge >= 0.3 is 0 Å². The Morgan fingerprint density at radius 1 is 1.29 bits per heavy atom. The van der Waals surface area contributed by atoms with Gasteiger partial charge in [-0.3, -0.25) is 0 Å². The Morgan fingerprint density at radius 3 is 2.65 bits per heavy atom. The van der Waals surface area contributed by atoms with Crippen LogP contribution in [-0.4, -0.2) is 14.8 Å². The molecule has 3 atom stereocenters. The number of hydrogen-bond acceptors (Lipinski definition) is 2. The Morgan fingerprint density at radius 2 is 2.12 bits per heavy atom. The Bertz CT molecular complexity index is 413. The molecule has 3 nitrogen and oxygen atoms in total. The number of nitrogens with zero attached hydrogens (tertiary/aromatic N) is 3. The minimum absolute atomic E-state index is 0.410. The summed E-state index contributed by atoms with van der Waals surface area (Å²) in [7, 11) is 0. The van der Waals surface area contributed by atoms with Crippen LogP contribution in [0, 0.1) is 11.8 Å². The maximum Gasteiger partial charge on any atom is 0.148 e. The first-order chi connectivity index (χ1) is 8.20. The van der Waals surface area contributed by atoms with Crippen molar-refractivity contribution in [2.45, 2.75) is 57.4 Å². The molecular weight excluding hydrogens is 234 g/mol.